The number of carbonyl (C=O) groups excluding carboxylic acids is 1. The first-order chi connectivity index (χ1) is 17.7. The maximum absolute atomic E-state index is 12.3. The van der Waals surface area contributed by atoms with Gasteiger partial charge in [-0.3, -0.25) is 0 Å². The number of ether oxygens (including phenoxy) is 1. The average Bonchev–Trinajstić information content (AvgIpc) is 2.85. The summed E-state index contributed by atoms with van der Waals surface area (Å²) in [5.41, 5.74) is 0.774. The Morgan fingerprint density at radius 2 is 1.11 bits per heavy atom. The van der Waals surface area contributed by atoms with Crippen molar-refractivity contribution in [1.82, 2.24) is 0 Å². The summed E-state index contributed by atoms with van der Waals surface area (Å²) < 4.78 is 44.3. The first-order valence-corrected chi connectivity index (χ1v) is 16.1. The molecule has 0 fully saturated rings. The maximum atomic E-state index is 12.3. The van der Waals surface area contributed by atoms with Gasteiger partial charge in [0.25, 0.3) is 0 Å². The molecule has 0 amide bonds. The number of halogens is 4. The van der Waals surface area contributed by atoms with Crippen LogP contribution in [0, 0.1) is 0 Å². The molecule has 37 heavy (non-hydrogen) atoms. The molecule has 0 N–H and O–H groups in total. The van der Waals surface area contributed by atoms with Crippen LogP contribution in [0.5, 0.6) is 0 Å². The monoisotopic (exact) mass is 550 g/mol. The van der Waals surface area contributed by atoms with Crippen molar-refractivity contribution in [2.45, 2.75) is 128 Å². The molecule has 0 saturated heterocycles. The van der Waals surface area contributed by atoms with Crippen LogP contribution in [-0.2, 0) is 15.6 Å². The van der Waals surface area contributed by atoms with Gasteiger partial charge in [-0.15, -0.1) is 0 Å². The van der Waals surface area contributed by atoms with E-state index in [0.29, 0.717) is 6.61 Å². The second-order valence-corrected chi connectivity index (χ2v) is 11.9. The third kappa shape index (κ3) is 22.5. The van der Waals surface area contributed by atoms with E-state index < -0.39 is 7.25 Å². The Balaban J connectivity index is 0.00000235. The zero-order valence-corrected chi connectivity index (χ0v) is 24.4. The highest BCUT2D eigenvalue weighted by atomic mass is 32.2. The smallest absolute Gasteiger partial charge is 0.462 e. The molecule has 8 heteroatoms. The van der Waals surface area contributed by atoms with Crippen LogP contribution < -0.4 is 0 Å². The van der Waals surface area contributed by atoms with Crippen LogP contribution in [0.1, 0.15) is 134 Å². The largest absolute Gasteiger partial charge is 0.673 e. The number of esters is 1. The SMILES string of the molecule is CCCCCCCCCCCCCCCCCC[S+](CC)c1ccccc1C(=O)OCC.F[B-](F)(F)F. The highest BCUT2D eigenvalue weighted by molar-refractivity contribution is 7.96. The standard InChI is InChI=1S/C29H51O2S.BF4/c1-4-7-8-9-10-11-12-13-14-15-16-17-18-19-20-23-26-32(6-3)28-25-22-21-24-27(28)29(30)31-5-2;2-1(3,4)5/h21-22,24-25H,4-20,23,26H2,1-3H3;/q+1;-1. The van der Waals surface area contributed by atoms with Crippen molar-refractivity contribution < 1.29 is 26.8 Å². The number of carbonyl (C=O) groups is 1. The van der Waals surface area contributed by atoms with Crippen LogP contribution in [0.2, 0.25) is 0 Å². The van der Waals surface area contributed by atoms with Crippen molar-refractivity contribution in [3.8, 4) is 0 Å². The molecule has 0 saturated carbocycles. The third-order valence-electron chi connectivity index (χ3n) is 6.29. The van der Waals surface area contributed by atoms with Crippen LogP contribution in [0.3, 0.4) is 0 Å². The van der Waals surface area contributed by atoms with E-state index in [2.05, 4.69) is 26.0 Å². The lowest BCUT2D eigenvalue weighted by molar-refractivity contribution is 0.0522. The molecule has 0 aliphatic heterocycles. The Hall–Kier alpha value is -1.18. The van der Waals surface area contributed by atoms with Gasteiger partial charge in [-0.05, 0) is 38.8 Å². The van der Waals surface area contributed by atoms with Crippen LogP contribution in [0.15, 0.2) is 29.2 Å². The van der Waals surface area contributed by atoms with Crippen LogP contribution in [-0.4, -0.2) is 31.3 Å². The molecule has 0 bridgehead atoms. The van der Waals surface area contributed by atoms with Crippen molar-refractivity contribution in [2.75, 3.05) is 18.1 Å². The second-order valence-electron chi connectivity index (χ2n) is 9.50. The average molecular weight is 551 g/mol. The number of hydrogen-bond acceptors (Lipinski definition) is 2. The minimum atomic E-state index is -6.00. The summed E-state index contributed by atoms with van der Waals surface area (Å²) in [6, 6.07) is 8.06. The van der Waals surface area contributed by atoms with Crippen molar-refractivity contribution in [2.24, 2.45) is 0 Å². The van der Waals surface area contributed by atoms with Gasteiger partial charge in [0.05, 0.1) is 6.61 Å². The predicted molar refractivity (Wildman–Crippen MR) is 153 cm³/mol. The number of hydrogen-bond donors (Lipinski definition) is 0. The van der Waals surface area contributed by atoms with Crippen LogP contribution in [0.25, 0.3) is 0 Å². The first-order valence-electron chi connectivity index (χ1n) is 14.5. The molecule has 216 valence electrons. The summed E-state index contributed by atoms with van der Waals surface area (Å²) in [7, 11) is -5.85. The van der Waals surface area contributed by atoms with Gasteiger partial charge in [-0.2, -0.15) is 0 Å². The topological polar surface area (TPSA) is 26.3 Å². The molecular formula is C29H51BF4O2S. The molecule has 0 spiro atoms. The van der Waals surface area contributed by atoms with E-state index in [-0.39, 0.29) is 16.9 Å². The van der Waals surface area contributed by atoms with Crippen molar-refractivity contribution in [1.29, 1.82) is 0 Å². The van der Waals surface area contributed by atoms with Crippen molar-refractivity contribution >= 4 is 24.1 Å². The second kappa shape index (κ2) is 23.9. The fourth-order valence-electron chi connectivity index (χ4n) is 4.33. The van der Waals surface area contributed by atoms with Gasteiger partial charge in [0.1, 0.15) is 17.1 Å². The lowest BCUT2D eigenvalue weighted by Gasteiger charge is -2.10. The van der Waals surface area contributed by atoms with E-state index >= 15 is 0 Å². The Morgan fingerprint density at radius 1 is 0.703 bits per heavy atom. The van der Waals surface area contributed by atoms with E-state index in [1.165, 1.54) is 113 Å². The summed E-state index contributed by atoms with van der Waals surface area (Å²) >= 11 is 0. The van der Waals surface area contributed by atoms with E-state index in [0.717, 1.165) is 11.3 Å². The number of unbranched alkanes of at least 4 members (excludes halogenated alkanes) is 15. The van der Waals surface area contributed by atoms with Gasteiger partial charge >= 0.3 is 13.2 Å². The molecule has 0 aliphatic rings. The Labute approximate surface area is 227 Å². The van der Waals surface area contributed by atoms with Crippen molar-refractivity contribution in [3.63, 3.8) is 0 Å². The fourth-order valence-corrected chi connectivity index (χ4v) is 6.44. The van der Waals surface area contributed by atoms with E-state index in [1.807, 2.05) is 19.1 Å². The first kappa shape index (κ1) is 35.8. The van der Waals surface area contributed by atoms with E-state index in [4.69, 9.17) is 4.74 Å². The van der Waals surface area contributed by atoms with Gasteiger partial charge in [0, 0.05) is 10.9 Å². The molecule has 2 nitrogen and oxygen atoms in total. The van der Waals surface area contributed by atoms with Gasteiger partial charge in [0.15, 0.2) is 4.90 Å². The van der Waals surface area contributed by atoms with Crippen molar-refractivity contribution in [3.05, 3.63) is 29.8 Å². The highest BCUT2D eigenvalue weighted by Crippen LogP contribution is 2.22. The number of rotatable bonds is 21. The zero-order chi connectivity index (χ0) is 27.8. The van der Waals surface area contributed by atoms with Gasteiger partial charge in [0.2, 0.25) is 0 Å². The predicted octanol–water partition coefficient (Wildman–Crippen LogP) is 10.4. The Kier molecular flexibility index (Phi) is 23.1. The number of benzene rings is 1. The fraction of sp³-hybridized carbons (Fsp3) is 0.759. The molecule has 1 aromatic carbocycles. The van der Waals surface area contributed by atoms with E-state index in [9.17, 15) is 22.1 Å². The lowest BCUT2D eigenvalue weighted by atomic mass is 10.0. The Morgan fingerprint density at radius 3 is 1.51 bits per heavy atom. The van der Waals surface area contributed by atoms with Crippen LogP contribution in [0.4, 0.5) is 17.3 Å². The van der Waals surface area contributed by atoms with E-state index in [1.54, 1.807) is 0 Å². The molecule has 1 unspecified atom stereocenters. The lowest BCUT2D eigenvalue weighted by Crippen LogP contribution is -2.16. The maximum Gasteiger partial charge on any atom is 0.673 e. The molecular weight excluding hydrogens is 499 g/mol. The highest BCUT2D eigenvalue weighted by Gasteiger charge is 2.26. The third-order valence-corrected chi connectivity index (χ3v) is 8.74. The summed E-state index contributed by atoms with van der Waals surface area (Å²) in [6.45, 7) is 6.85. The molecule has 0 aliphatic carbocycles. The van der Waals surface area contributed by atoms with Gasteiger partial charge < -0.3 is 22.0 Å². The quantitative estimate of drug-likeness (QED) is 0.0500. The molecule has 1 atom stereocenters. The zero-order valence-electron chi connectivity index (χ0n) is 23.6. The van der Waals surface area contributed by atoms with Gasteiger partial charge in [-0.25, -0.2) is 4.79 Å². The molecule has 0 radical (unpaired) electrons. The minimum Gasteiger partial charge on any atom is -0.462 e. The normalized spacial score (nSPS) is 12.1. The molecule has 0 heterocycles. The molecule has 0 aromatic heterocycles. The minimum absolute atomic E-state index is 0.151. The Bertz CT molecular complexity index is 668. The molecule has 1 rings (SSSR count). The van der Waals surface area contributed by atoms with Crippen LogP contribution >= 0.6 is 0 Å². The summed E-state index contributed by atoms with van der Waals surface area (Å²) in [5.74, 6) is 2.14. The summed E-state index contributed by atoms with van der Waals surface area (Å²) in [5, 5.41) is 0. The summed E-state index contributed by atoms with van der Waals surface area (Å²) in [6.07, 6.45) is 22.5. The molecule has 1 aromatic rings. The summed E-state index contributed by atoms with van der Waals surface area (Å²) in [4.78, 5) is 13.5. The van der Waals surface area contributed by atoms with Gasteiger partial charge in [-0.1, -0.05) is 109 Å².